The number of nitrogens with zero attached hydrogens (tertiary/aromatic N) is 4. The van der Waals surface area contributed by atoms with Crippen molar-refractivity contribution in [3.63, 3.8) is 0 Å². The van der Waals surface area contributed by atoms with E-state index in [9.17, 15) is 14.4 Å². The lowest BCUT2D eigenvalue weighted by Crippen LogP contribution is -2.56. The molecule has 0 unspecified atom stereocenters. The van der Waals surface area contributed by atoms with E-state index >= 15 is 0 Å². The predicted octanol–water partition coefficient (Wildman–Crippen LogP) is 1.29. The fourth-order valence-corrected chi connectivity index (χ4v) is 3.59. The maximum absolute atomic E-state index is 12.7. The standard InChI is InChI=1S/C22H24N6O3/c1-15(29)16-5-7-17(8-6-16)24-21(31)18-14-20(30)26-22(25-18)28-12-10-27(11-13-28)19-4-2-3-9-23-19/h2-9,18H,10-14H2,1H3,(H,24,31)(H,25,26,30)/t18-/m0/s1. The zero-order valence-corrected chi connectivity index (χ0v) is 17.2. The number of piperazine rings is 1. The van der Waals surface area contributed by atoms with Crippen LogP contribution < -0.4 is 15.5 Å². The number of ketones is 1. The zero-order valence-electron chi connectivity index (χ0n) is 17.2. The Morgan fingerprint density at radius 3 is 2.39 bits per heavy atom. The van der Waals surface area contributed by atoms with Crippen molar-refractivity contribution in [1.82, 2.24) is 15.2 Å². The molecule has 1 fully saturated rings. The minimum atomic E-state index is -0.801. The van der Waals surface area contributed by atoms with Crippen molar-refractivity contribution in [2.45, 2.75) is 19.4 Å². The highest BCUT2D eigenvalue weighted by atomic mass is 16.2. The normalized spacial score (nSPS) is 18.8. The summed E-state index contributed by atoms with van der Waals surface area (Å²) < 4.78 is 0. The number of benzene rings is 1. The van der Waals surface area contributed by atoms with Gasteiger partial charge in [-0.15, -0.1) is 0 Å². The minimum Gasteiger partial charge on any atom is -0.353 e. The van der Waals surface area contributed by atoms with Crippen LogP contribution in [0.2, 0.25) is 0 Å². The molecule has 2 aliphatic rings. The van der Waals surface area contributed by atoms with E-state index in [0.29, 0.717) is 30.3 Å². The van der Waals surface area contributed by atoms with Crippen molar-refractivity contribution < 1.29 is 14.4 Å². The van der Waals surface area contributed by atoms with Crippen LogP contribution in [0, 0.1) is 0 Å². The topological polar surface area (TPSA) is 107 Å². The van der Waals surface area contributed by atoms with Crippen molar-refractivity contribution >= 4 is 35.1 Å². The molecular formula is C22H24N6O3. The van der Waals surface area contributed by atoms with Crippen LogP contribution >= 0.6 is 0 Å². The van der Waals surface area contributed by atoms with Gasteiger partial charge >= 0.3 is 0 Å². The van der Waals surface area contributed by atoms with Gasteiger partial charge in [-0.2, -0.15) is 0 Å². The third kappa shape index (κ3) is 4.88. The molecule has 1 aromatic carbocycles. The van der Waals surface area contributed by atoms with Gasteiger partial charge in [0, 0.05) is 43.6 Å². The van der Waals surface area contributed by atoms with Gasteiger partial charge in [-0.3, -0.25) is 19.7 Å². The van der Waals surface area contributed by atoms with Crippen molar-refractivity contribution in [2.75, 3.05) is 36.4 Å². The number of amides is 2. The molecule has 4 rings (SSSR count). The first kappa shape index (κ1) is 20.5. The average molecular weight is 420 g/mol. The van der Waals surface area contributed by atoms with Gasteiger partial charge in [0.05, 0.1) is 6.42 Å². The number of Topliss-reactive ketones (excluding diaryl/α,β-unsaturated/α-hetero) is 1. The van der Waals surface area contributed by atoms with Gasteiger partial charge in [-0.05, 0) is 43.3 Å². The molecule has 0 radical (unpaired) electrons. The highest BCUT2D eigenvalue weighted by molar-refractivity contribution is 6.06. The summed E-state index contributed by atoms with van der Waals surface area (Å²) in [5.74, 6) is 0.729. The third-order valence-corrected chi connectivity index (χ3v) is 5.32. The molecule has 2 N–H and O–H groups in total. The van der Waals surface area contributed by atoms with E-state index < -0.39 is 6.04 Å². The quantitative estimate of drug-likeness (QED) is 0.722. The lowest BCUT2D eigenvalue weighted by Gasteiger charge is -2.38. The summed E-state index contributed by atoms with van der Waals surface area (Å²) in [5, 5.41) is 5.57. The molecule has 9 heteroatoms. The Labute approximate surface area is 180 Å². The Balaban J connectivity index is 1.40. The molecule has 0 aliphatic carbocycles. The molecular weight excluding hydrogens is 396 g/mol. The number of nitrogens with one attached hydrogen (secondary N) is 2. The molecule has 3 heterocycles. The number of rotatable bonds is 4. The van der Waals surface area contributed by atoms with Gasteiger partial charge in [0.15, 0.2) is 5.78 Å². The summed E-state index contributed by atoms with van der Waals surface area (Å²) in [6, 6.07) is 11.6. The van der Waals surface area contributed by atoms with Crippen LogP contribution in [0.25, 0.3) is 0 Å². The van der Waals surface area contributed by atoms with Crippen LogP contribution in [-0.2, 0) is 9.59 Å². The molecule has 2 aromatic rings. The Morgan fingerprint density at radius 1 is 1.03 bits per heavy atom. The minimum absolute atomic E-state index is 0.00520. The Kier molecular flexibility index (Phi) is 5.92. The average Bonchev–Trinajstić information content (AvgIpc) is 2.79. The Bertz CT molecular complexity index is 998. The van der Waals surface area contributed by atoms with E-state index in [1.54, 1.807) is 30.5 Å². The second kappa shape index (κ2) is 8.95. The number of hydrogen-bond donors (Lipinski definition) is 2. The summed E-state index contributed by atoms with van der Waals surface area (Å²) in [4.78, 5) is 49.4. The van der Waals surface area contributed by atoms with Gasteiger partial charge in [0.1, 0.15) is 11.9 Å². The summed E-state index contributed by atoms with van der Waals surface area (Å²) in [7, 11) is 0. The highest BCUT2D eigenvalue weighted by Gasteiger charge is 2.30. The van der Waals surface area contributed by atoms with Crippen LogP contribution in [0.15, 0.2) is 53.7 Å². The number of guanidine groups is 1. The fraction of sp³-hybridized carbons (Fsp3) is 0.318. The van der Waals surface area contributed by atoms with Crippen LogP contribution in [0.4, 0.5) is 11.5 Å². The van der Waals surface area contributed by atoms with Gasteiger partial charge < -0.3 is 15.1 Å². The number of carbonyl (C=O) groups excluding carboxylic acids is 3. The molecule has 160 valence electrons. The third-order valence-electron chi connectivity index (χ3n) is 5.32. The van der Waals surface area contributed by atoms with Gasteiger partial charge in [-0.1, -0.05) is 6.07 Å². The van der Waals surface area contributed by atoms with E-state index in [1.807, 2.05) is 23.1 Å². The molecule has 1 atom stereocenters. The molecule has 2 aliphatic heterocycles. The first-order valence-electron chi connectivity index (χ1n) is 10.2. The van der Waals surface area contributed by atoms with Crippen LogP contribution in [-0.4, -0.2) is 65.7 Å². The van der Waals surface area contributed by atoms with Crippen molar-refractivity contribution in [3.8, 4) is 0 Å². The van der Waals surface area contributed by atoms with E-state index in [2.05, 4.69) is 25.5 Å². The molecule has 1 aromatic heterocycles. The number of anilines is 2. The van der Waals surface area contributed by atoms with Gasteiger partial charge in [0.2, 0.25) is 17.8 Å². The lowest BCUT2D eigenvalue weighted by atomic mass is 10.1. The predicted molar refractivity (Wildman–Crippen MR) is 117 cm³/mol. The number of aliphatic imine (C=N–C) groups is 1. The van der Waals surface area contributed by atoms with Crippen molar-refractivity contribution in [2.24, 2.45) is 4.99 Å². The highest BCUT2D eigenvalue weighted by Crippen LogP contribution is 2.16. The van der Waals surface area contributed by atoms with E-state index in [1.165, 1.54) is 6.92 Å². The molecule has 2 amide bonds. The first-order chi connectivity index (χ1) is 15.0. The first-order valence-corrected chi connectivity index (χ1v) is 10.2. The van der Waals surface area contributed by atoms with E-state index in [0.717, 1.165) is 18.9 Å². The summed E-state index contributed by atoms with van der Waals surface area (Å²) >= 11 is 0. The summed E-state index contributed by atoms with van der Waals surface area (Å²) in [5.41, 5.74) is 1.13. The second-order valence-electron chi connectivity index (χ2n) is 7.51. The molecule has 1 saturated heterocycles. The molecule has 0 spiro atoms. The second-order valence-corrected chi connectivity index (χ2v) is 7.51. The van der Waals surface area contributed by atoms with Crippen molar-refractivity contribution in [3.05, 3.63) is 54.2 Å². The van der Waals surface area contributed by atoms with Gasteiger partial charge in [0.25, 0.3) is 0 Å². The SMILES string of the molecule is CC(=O)c1ccc(NC(=O)[C@@H]2CC(=O)NC(N3CCN(c4ccccn4)CC3)=N2)cc1. The molecule has 9 nitrogen and oxygen atoms in total. The van der Waals surface area contributed by atoms with E-state index in [4.69, 9.17) is 0 Å². The summed E-state index contributed by atoms with van der Waals surface area (Å²) in [6.07, 6.45) is 1.76. The lowest BCUT2D eigenvalue weighted by molar-refractivity contribution is -0.125. The Hall–Kier alpha value is -3.75. The van der Waals surface area contributed by atoms with Crippen LogP contribution in [0.3, 0.4) is 0 Å². The number of carbonyl (C=O) groups is 3. The fourth-order valence-electron chi connectivity index (χ4n) is 3.59. The number of hydrogen-bond acceptors (Lipinski definition) is 7. The Morgan fingerprint density at radius 2 is 1.74 bits per heavy atom. The largest absolute Gasteiger partial charge is 0.353 e. The number of pyridine rings is 1. The molecule has 0 bridgehead atoms. The monoisotopic (exact) mass is 420 g/mol. The maximum Gasteiger partial charge on any atom is 0.249 e. The van der Waals surface area contributed by atoms with E-state index in [-0.39, 0.29) is 24.0 Å². The van der Waals surface area contributed by atoms with Gasteiger partial charge in [-0.25, -0.2) is 9.98 Å². The summed E-state index contributed by atoms with van der Waals surface area (Å²) in [6.45, 7) is 4.30. The maximum atomic E-state index is 12.7. The smallest absolute Gasteiger partial charge is 0.249 e. The van der Waals surface area contributed by atoms with Crippen LogP contribution in [0.5, 0.6) is 0 Å². The zero-order chi connectivity index (χ0) is 21.8. The molecule has 31 heavy (non-hydrogen) atoms. The van der Waals surface area contributed by atoms with Crippen LogP contribution in [0.1, 0.15) is 23.7 Å². The molecule has 0 saturated carbocycles. The van der Waals surface area contributed by atoms with Crippen molar-refractivity contribution in [1.29, 1.82) is 0 Å². The number of aromatic nitrogens is 1.